The first-order chi connectivity index (χ1) is 15.1. The minimum absolute atomic E-state index is 0.0806. The molecular formula is C26H28N4O. The van der Waals surface area contributed by atoms with E-state index in [-0.39, 0.29) is 5.56 Å². The molecule has 3 heterocycles. The van der Waals surface area contributed by atoms with Gasteiger partial charge in [-0.1, -0.05) is 31.4 Å². The number of pyridine rings is 2. The van der Waals surface area contributed by atoms with E-state index in [1.54, 1.807) is 23.2 Å². The van der Waals surface area contributed by atoms with Crippen LogP contribution in [0.5, 0.6) is 0 Å². The largest absolute Gasteiger partial charge is 0.358 e. The fourth-order valence-electron chi connectivity index (χ4n) is 3.90. The Morgan fingerprint density at radius 3 is 2.71 bits per heavy atom. The van der Waals surface area contributed by atoms with Gasteiger partial charge in [0, 0.05) is 35.2 Å². The van der Waals surface area contributed by atoms with Crippen molar-refractivity contribution >= 4 is 21.7 Å². The van der Waals surface area contributed by atoms with E-state index in [1.165, 1.54) is 30.3 Å². The first-order valence-corrected chi connectivity index (χ1v) is 10.9. The van der Waals surface area contributed by atoms with Crippen molar-refractivity contribution in [3.8, 4) is 12.3 Å². The smallest absolute Gasteiger partial charge is 0.260 e. The maximum Gasteiger partial charge on any atom is 0.260 e. The summed E-state index contributed by atoms with van der Waals surface area (Å²) < 4.78 is 1.69. The molecular weight excluding hydrogens is 384 g/mol. The third kappa shape index (κ3) is 4.40. The molecule has 0 atom stereocenters. The molecule has 0 amide bonds. The summed E-state index contributed by atoms with van der Waals surface area (Å²) in [5, 5.41) is 2.51. The SMILES string of the molecule is C#Cc1cncc2c(=O)n(Cc3ccc4cc(CC)[nH]c4c3)ccc12.NCC1CCC1. The van der Waals surface area contributed by atoms with Gasteiger partial charge in [0.25, 0.3) is 5.56 Å². The molecule has 1 fully saturated rings. The minimum Gasteiger partial charge on any atom is -0.358 e. The first kappa shape index (κ1) is 20.9. The Bertz CT molecular complexity index is 1300. The van der Waals surface area contributed by atoms with Gasteiger partial charge in [-0.05, 0) is 60.9 Å². The Kier molecular flexibility index (Phi) is 6.20. The number of nitrogens with two attached hydrogens (primary N) is 1. The third-order valence-corrected chi connectivity index (χ3v) is 6.09. The van der Waals surface area contributed by atoms with Crippen LogP contribution >= 0.6 is 0 Å². The van der Waals surface area contributed by atoms with E-state index in [0.717, 1.165) is 35.3 Å². The Hall–Kier alpha value is -3.36. The summed E-state index contributed by atoms with van der Waals surface area (Å²) in [6, 6.07) is 10.3. The average molecular weight is 413 g/mol. The van der Waals surface area contributed by atoms with E-state index in [4.69, 9.17) is 12.2 Å². The van der Waals surface area contributed by atoms with E-state index in [1.807, 2.05) is 6.07 Å². The molecule has 0 radical (unpaired) electrons. The Balaban J connectivity index is 0.000000334. The molecule has 5 nitrogen and oxygen atoms in total. The van der Waals surface area contributed by atoms with Crippen LogP contribution < -0.4 is 11.3 Å². The molecule has 3 aromatic heterocycles. The van der Waals surface area contributed by atoms with Gasteiger partial charge < -0.3 is 15.3 Å². The number of aryl methyl sites for hydroxylation is 1. The summed E-state index contributed by atoms with van der Waals surface area (Å²) in [5.74, 6) is 3.47. The number of hydrogen-bond donors (Lipinski definition) is 2. The van der Waals surface area contributed by atoms with Crippen molar-refractivity contribution in [2.45, 2.75) is 39.2 Å². The lowest BCUT2D eigenvalue weighted by Gasteiger charge is -2.22. The summed E-state index contributed by atoms with van der Waals surface area (Å²) in [6.45, 7) is 3.55. The molecule has 5 rings (SSSR count). The number of aromatic nitrogens is 3. The second kappa shape index (κ2) is 9.20. The molecule has 158 valence electrons. The summed E-state index contributed by atoms with van der Waals surface area (Å²) in [4.78, 5) is 20.3. The number of hydrogen-bond acceptors (Lipinski definition) is 3. The van der Waals surface area contributed by atoms with E-state index >= 15 is 0 Å². The van der Waals surface area contributed by atoms with Gasteiger partial charge >= 0.3 is 0 Å². The molecule has 0 saturated heterocycles. The van der Waals surface area contributed by atoms with Crippen LogP contribution in [0.15, 0.2) is 53.7 Å². The average Bonchev–Trinajstić information content (AvgIpc) is 3.17. The number of nitrogens with zero attached hydrogens (tertiary/aromatic N) is 2. The number of rotatable bonds is 4. The second-order valence-electron chi connectivity index (χ2n) is 8.14. The van der Waals surface area contributed by atoms with Gasteiger partial charge in [-0.25, -0.2) is 0 Å². The minimum atomic E-state index is -0.0806. The number of fused-ring (bicyclic) bond motifs is 2. The molecule has 1 saturated carbocycles. The van der Waals surface area contributed by atoms with E-state index in [9.17, 15) is 4.79 Å². The summed E-state index contributed by atoms with van der Waals surface area (Å²) in [7, 11) is 0. The topological polar surface area (TPSA) is 76.7 Å². The highest BCUT2D eigenvalue weighted by Crippen LogP contribution is 2.24. The van der Waals surface area contributed by atoms with E-state index in [2.05, 4.69) is 47.1 Å². The van der Waals surface area contributed by atoms with Gasteiger partial charge in [-0.3, -0.25) is 9.78 Å². The van der Waals surface area contributed by atoms with Crippen LogP contribution in [-0.4, -0.2) is 21.1 Å². The van der Waals surface area contributed by atoms with Crippen molar-refractivity contribution in [1.29, 1.82) is 0 Å². The van der Waals surface area contributed by atoms with Crippen LogP contribution in [-0.2, 0) is 13.0 Å². The van der Waals surface area contributed by atoms with Crippen LogP contribution in [0.25, 0.3) is 21.7 Å². The molecule has 0 unspecified atom stereocenters. The zero-order valence-corrected chi connectivity index (χ0v) is 17.9. The zero-order chi connectivity index (χ0) is 21.8. The van der Waals surface area contributed by atoms with Crippen molar-refractivity contribution in [1.82, 2.24) is 14.5 Å². The zero-order valence-electron chi connectivity index (χ0n) is 17.9. The molecule has 1 aliphatic carbocycles. The van der Waals surface area contributed by atoms with Crippen LogP contribution in [0.3, 0.4) is 0 Å². The molecule has 1 aromatic carbocycles. The molecule has 1 aliphatic rings. The molecule has 0 bridgehead atoms. The van der Waals surface area contributed by atoms with E-state index < -0.39 is 0 Å². The molecule has 31 heavy (non-hydrogen) atoms. The highest BCUT2D eigenvalue weighted by atomic mass is 16.1. The maximum atomic E-state index is 12.8. The van der Waals surface area contributed by atoms with Crippen molar-refractivity contribution in [3.05, 3.63) is 76.1 Å². The molecule has 0 spiro atoms. The molecule has 0 aliphatic heterocycles. The third-order valence-electron chi connectivity index (χ3n) is 6.09. The van der Waals surface area contributed by atoms with Crippen LogP contribution in [0, 0.1) is 18.3 Å². The normalized spacial score (nSPS) is 13.5. The Morgan fingerprint density at radius 1 is 1.23 bits per heavy atom. The number of nitrogens with one attached hydrogen (secondary N) is 1. The van der Waals surface area contributed by atoms with Gasteiger partial charge in [0.2, 0.25) is 0 Å². The Morgan fingerprint density at radius 2 is 2.06 bits per heavy atom. The monoisotopic (exact) mass is 412 g/mol. The number of aromatic amines is 1. The highest BCUT2D eigenvalue weighted by Gasteiger charge is 2.14. The second-order valence-corrected chi connectivity index (χ2v) is 8.14. The van der Waals surface area contributed by atoms with Crippen LogP contribution in [0.2, 0.25) is 0 Å². The predicted molar refractivity (Wildman–Crippen MR) is 127 cm³/mol. The lowest BCUT2D eigenvalue weighted by atomic mass is 9.86. The van der Waals surface area contributed by atoms with Crippen LogP contribution in [0.1, 0.15) is 43.0 Å². The van der Waals surface area contributed by atoms with Crippen molar-refractivity contribution in [2.24, 2.45) is 11.7 Å². The summed E-state index contributed by atoms with van der Waals surface area (Å²) in [6.07, 6.45) is 15.6. The quantitative estimate of drug-likeness (QED) is 0.493. The fraction of sp³-hybridized carbons (Fsp3) is 0.308. The maximum absolute atomic E-state index is 12.8. The van der Waals surface area contributed by atoms with Gasteiger partial charge in [0.05, 0.1) is 17.5 Å². The predicted octanol–water partition coefficient (Wildman–Crippen LogP) is 4.22. The van der Waals surface area contributed by atoms with Gasteiger partial charge in [0.15, 0.2) is 0 Å². The van der Waals surface area contributed by atoms with Crippen molar-refractivity contribution < 1.29 is 0 Å². The molecule has 5 heteroatoms. The number of benzene rings is 1. The first-order valence-electron chi connectivity index (χ1n) is 10.9. The number of terminal acetylenes is 1. The Labute approximate surface area is 182 Å². The number of H-pyrrole nitrogens is 1. The van der Waals surface area contributed by atoms with Crippen molar-refractivity contribution in [2.75, 3.05) is 6.54 Å². The van der Waals surface area contributed by atoms with Gasteiger partial charge in [-0.15, -0.1) is 6.42 Å². The summed E-state index contributed by atoms with van der Waals surface area (Å²) >= 11 is 0. The molecule has 4 aromatic rings. The standard InChI is InChI=1S/C21H17N3O.C5H11N/c1-3-15-11-22-12-19-18(15)7-8-24(21(19)25)13-14-5-6-16-10-17(4-2)23-20(16)9-14;6-4-5-2-1-3-5/h1,5-12,23H,4,13H2,2H3;5H,1-4,6H2. The van der Waals surface area contributed by atoms with Crippen LogP contribution in [0.4, 0.5) is 0 Å². The molecule has 3 N–H and O–H groups in total. The van der Waals surface area contributed by atoms with Gasteiger partial charge in [0.1, 0.15) is 0 Å². The van der Waals surface area contributed by atoms with E-state index in [0.29, 0.717) is 17.5 Å². The van der Waals surface area contributed by atoms with Crippen molar-refractivity contribution in [3.63, 3.8) is 0 Å². The van der Waals surface area contributed by atoms with Gasteiger partial charge in [-0.2, -0.15) is 0 Å². The fourth-order valence-corrected chi connectivity index (χ4v) is 3.90. The highest BCUT2D eigenvalue weighted by molar-refractivity contribution is 5.86. The summed E-state index contributed by atoms with van der Waals surface area (Å²) in [5.41, 5.74) is 9.27. The lowest BCUT2D eigenvalue weighted by Crippen LogP contribution is -2.20. The lowest BCUT2D eigenvalue weighted by molar-refractivity contribution is 0.325.